The fraction of sp³-hybridized carbons (Fsp3) is 0. The lowest BCUT2D eigenvalue weighted by Gasteiger charge is -1.93. The van der Waals surface area contributed by atoms with Crippen LogP contribution in [-0.4, -0.2) is 4.92 Å². The molecule has 0 fully saturated rings. The van der Waals surface area contributed by atoms with Crippen LogP contribution in [-0.2, 0) is 0 Å². The predicted molar refractivity (Wildman–Crippen MR) is 68.3 cm³/mol. The van der Waals surface area contributed by atoms with E-state index in [9.17, 15) is 10.1 Å². The maximum Gasteiger partial charge on any atom is 0.273 e. The Bertz CT molecular complexity index is 824. The van der Waals surface area contributed by atoms with E-state index in [1.807, 2.05) is 6.07 Å². The summed E-state index contributed by atoms with van der Waals surface area (Å²) < 4.78 is 5.59. The van der Waals surface area contributed by atoms with Crippen molar-refractivity contribution in [3.63, 3.8) is 0 Å². The van der Waals surface area contributed by atoms with Gasteiger partial charge in [-0.2, -0.15) is 0 Å². The number of furan rings is 1. The van der Waals surface area contributed by atoms with Gasteiger partial charge in [0.05, 0.1) is 11.0 Å². The lowest BCUT2D eigenvalue weighted by molar-refractivity contribution is -0.384. The third-order valence-corrected chi connectivity index (χ3v) is 2.85. The van der Waals surface area contributed by atoms with Gasteiger partial charge in [-0.25, -0.2) is 0 Å². The molecule has 0 radical (unpaired) electrons. The van der Waals surface area contributed by atoms with E-state index in [2.05, 4.69) is 5.92 Å². The maximum atomic E-state index is 10.7. The van der Waals surface area contributed by atoms with E-state index in [1.165, 1.54) is 12.1 Å². The van der Waals surface area contributed by atoms with Crippen molar-refractivity contribution >= 4 is 27.6 Å². The highest BCUT2D eigenvalue weighted by Crippen LogP contribution is 2.32. The zero-order chi connectivity index (χ0) is 12.7. The molecule has 86 valence electrons. The van der Waals surface area contributed by atoms with Gasteiger partial charge >= 0.3 is 0 Å². The Kier molecular flexibility index (Phi) is 2.07. The largest absolute Gasteiger partial charge is 0.456 e. The quantitative estimate of drug-likeness (QED) is 0.370. The number of fused-ring (bicyclic) bond motifs is 3. The Morgan fingerprint density at radius 2 is 2.06 bits per heavy atom. The number of nitrogens with zero attached hydrogens (tertiary/aromatic N) is 1. The molecule has 0 aliphatic heterocycles. The van der Waals surface area contributed by atoms with Crippen molar-refractivity contribution in [2.45, 2.75) is 0 Å². The molecule has 3 rings (SSSR count). The summed E-state index contributed by atoms with van der Waals surface area (Å²) in [7, 11) is 0. The molecule has 0 amide bonds. The third-order valence-electron chi connectivity index (χ3n) is 2.85. The summed E-state index contributed by atoms with van der Waals surface area (Å²) in [4.78, 5) is 10.3. The van der Waals surface area contributed by atoms with Gasteiger partial charge in [0, 0.05) is 22.4 Å². The van der Waals surface area contributed by atoms with Crippen molar-refractivity contribution in [1.29, 1.82) is 0 Å². The first kappa shape index (κ1) is 10.4. The molecule has 0 saturated heterocycles. The SMILES string of the molecule is C#Cc1cccc2oc3cc([N+](=O)[O-])ccc3c12. The van der Waals surface area contributed by atoms with Gasteiger partial charge in [0.1, 0.15) is 11.2 Å². The Balaban J connectivity index is 2.45. The van der Waals surface area contributed by atoms with Gasteiger partial charge in [-0.3, -0.25) is 10.1 Å². The highest BCUT2D eigenvalue weighted by Gasteiger charge is 2.13. The average molecular weight is 237 g/mol. The number of hydrogen-bond acceptors (Lipinski definition) is 3. The number of non-ortho nitro benzene ring substituents is 1. The van der Waals surface area contributed by atoms with E-state index >= 15 is 0 Å². The number of rotatable bonds is 1. The molecule has 0 bridgehead atoms. The minimum absolute atomic E-state index is 0.00353. The molecule has 3 aromatic rings. The van der Waals surface area contributed by atoms with Gasteiger partial charge in [-0.1, -0.05) is 12.0 Å². The van der Waals surface area contributed by atoms with Crippen molar-refractivity contribution in [2.75, 3.05) is 0 Å². The van der Waals surface area contributed by atoms with Crippen molar-refractivity contribution in [2.24, 2.45) is 0 Å². The summed E-state index contributed by atoms with van der Waals surface area (Å²) in [5, 5.41) is 12.3. The summed E-state index contributed by atoms with van der Waals surface area (Å²) in [6, 6.07) is 9.94. The van der Waals surface area contributed by atoms with Crippen LogP contribution in [0.15, 0.2) is 40.8 Å². The van der Waals surface area contributed by atoms with Gasteiger partial charge in [0.2, 0.25) is 0 Å². The van der Waals surface area contributed by atoms with Crippen molar-refractivity contribution in [1.82, 2.24) is 0 Å². The van der Waals surface area contributed by atoms with E-state index in [0.717, 1.165) is 16.3 Å². The highest BCUT2D eigenvalue weighted by atomic mass is 16.6. The number of nitro benzene ring substituents is 1. The second-order valence-corrected chi connectivity index (χ2v) is 3.86. The van der Waals surface area contributed by atoms with Gasteiger partial charge in [-0.15, -0.1) is 6.42 Å². The first-order chi connectivity index (χ1) is 8.70. The molecule has 18 heavy (non-hydrogen) atoms. The average Bonchev–Trinajstić information content (AvgIpc) is 2.75. The molecule has 4 nitrogen and oxygen atoms in total. The number of benzene rings is 2. The molecule has 0 saturated carbocycles. The third kappa shape index (κ3) is 1.35. The van der Waals surface area contributed by atoms with E-state index in [1.54, 1.807) is 18.2 Å². The molecule has 0 aliphatic rings. The molecule has 2 aromatic carbocycles. The number of terminal acetylenes is 1. The molecule has 0 atom stereocenters. The van der Waals surface area contributed by atoms with Crippen LogP contribution in [0.2, 0.25) is 0 Å². The van der Waals surface area contributed by atoms with Gasteiger partial charge in [0.15, 0.2) is 0 Å². The van der Waals surface area contributed by atoms with Crippen LogP contribution in [0.25, 0.3) is 21.9 Å². The topological polar surface area (TPSA) is 56.3 Å². The lowest BCUT2D eigenvalue weighted by Crippen LogP contribution is -1.86. The Morgan fingerprint density at radius 3 is 2.78 bits per heavy atom. The van der Waals surface area contributed by atoms with Gasteiger partial charge in [-0.05, 0) is 18.2 Å². The molecule has 0 N–H and O–H groups in total. The Labute approximate surface area is 102 Å². The zero-order valence-corrected chi connectivity index (χ0v) is 9.21. The molecule has 4 heteroatoms. The van der Waals surface area contributed by atoms with Gasteiger partial charge in [0.25, 0.3) is 5.69 Å². The van der Waals surface area contributed by atoms with Crippen LogP contribution in [0.5, 0.6) is 0 Å². The van der Waals surface area contributed by atoms with Crippen molar-refractivity contribution in [3.05, 3.63) is 52.1 Å². The van der Waals surface area contributed by atoms with Crippen molar-refractivity contribution < 1.29 is 9.34 Å². The summed E-state index contributed by atoms with van der Waals surface area (Å²) in [5.74, 6) is 2.59. The Morgan fingerprint density at radius 1 is 1.22 bits per heavy atom. The second-order valence-electron chi connectivity index (χ2n) is 3.86. The van der Waals surface area contributed by atoms with Crippen LogP contribution < -0.4 is 0 Å². The fourth-order valence-corrected chi connectivity index (χ4v) is 2.05. The minimum atomic E-state index is -0.450. The molecular formula is C14H7NO3. The van der Waals surface area contributed by atoms with E-state index < -0.39 is 4.92 Å². The normalized spacial score (nSPS) is 10.6. The Hall–Kier alpha value is -2.80. The molecule has 0 aliphatic carbocycles. The smallest absolute Gasteiger partial charge is 0.273 e. The molecule has 1 heterocycles. The van der Waals surface area contributed by atoms with E-state index in [-0.39, 0.29) is 5.69 Å². The predicted octanol–water partition coefficient (Wildman–Crippen LogP) is 3.48. The summed E-state index contributed by atoms with van der Waals surface area (Å²) in [6.45, 7) is 0. The van der Waals surface area contributed by atoms with Crippen LogP contribution in [0, 0.1) is 22.5 Å². The molecule has 0 spiro atoms. The monoisotopic (exact) mass is 237 g/mol. The number of nitro groups is 1. The lowest BCUT2D eigenvalue weighted by atomic mass is 10.1. The second kappa shape index (κ2) is 3.60. The van der Waals surface area contributed by atoms with E-state index in [0.29, 0.717) is 11.2 Å². The van der Waals surface area contributed by atoms with Gasteiger partial charge < -0.3 is 4.42 Å². The highest BCUT2D eigenvalue weighted by molar-refractivity contribution is 6.08. The molecular weight excluding hydrogens is 230 g/mol. The van der Waals surface area contributed by atoms with Crippen LogP contribution in [0.1, 0.15) is 5.56 Å². The van der Waals surface area contributed by atoms with Crippen LogP contribution in [0.3, 0.4) is 0 Å². The number of hydrogen-bond donors (Lipinski definition) is 0. The zero-order valence-electron chi connectivity index (χ0n) is 9.21. The standard InChI is InChI=1S/C14H7NO3/c1-2-9-4-3-5-12-14(9)11-7-6-10(15(16)17)8-13(11)18-12/h1,3-8H. The van der Waals surface area contributed by atoms with Crippen molar-refractivity contribution in [3.8, 4) is 12.3 Å². The summed E-state index contributed by atoms with van der Waals surface area (Å²) in [6.07, 6.45) is 5.44. The molecule has 0 unspecified atom stereocenters. The molecule has 1 aromatic heterocycles. The van der Waals surface area contributed by atoms with E-state index in [4.69, 9.17) is 10.8 Å². The summed E-state index contributed by atoms with van der Waals surface area (Å²) in [5.41, 5.74) is 1.84. The first-order valence-corrected chi connectivity index (χ1v) is 5.27. The summed E-state index contributed by atoms with van der Waals surface area (Å²) >= 11 is 0. The minimum Gasteiger partial charge on any atom is -0.456 e. The van der Waals surface area contributed by atoms with Crippen LogP contribution in [0.4, 0.5) is 5.69 Å². The first-order valence-electron chi connectivity index (χ1n) is 5.27. The van der Waals surface area contributed by atoms with Crippen LogP contribution >= 0.6 is 0 Å². The fourth-order valence-electron chi connectivity index (χ4n) is 2.05. The maximum absolute atomic E-state index is 10.7.